The highest BCUT2D eigenvalue weighted by Crippen LogP contribution is 1.89. The number of Topliss-reactive ketones (excluding diaryl/α,β-unsaturated/α-hetero) is 1. The maximum Gasteiger partial charge on any atom is 0.302 e. The highest BCUT2D eigenvalue weighted by atomic mass is 16.5. The van der Waals surface area contributed by atoms with Crippen LogP contribution in [0.3, 0.4) is 0 Å². The van der Waals surface area contributed by atoms with Crippen molar-refractivity contribution < 1.29 is 30.1 Å². The number of hydrogen-bond acceptors (Lipinski definition) is 12. The van der Waals surface area contributed by atoms with Gasteiger partial charge in [0.25, 0.3) is 0 Å². The van der Waals surface area contributed by atoms with Gasteiger partial charge in [-0.25, -0.2) is 0 Å². The largest absolute Gasteiger partial charge is 0.464 e. The molecule has 0 unspecified atom stereocenters. The lowest BCUT2D eigenvalue weighted by Gasteiger charge is -2.19. The summed E-state index contributed by atoms with van der Waals surface area (Å²) in [6, 6.07) is -1.85. The number of ether oxygens (including phenoxy) is 1. The molecule has 0 saturated heterocycles. The average molecular weight is 572 g/mol. The molecule has 3 amide bonds. The molecule has 39 heavy (non-hydrogen) atoms. The number of ketones is 1. The third-order valence-electron chi connectivity index (χ3n) is 2.95. The van der Waals surface area contributed by atoms with E-state index in [1.807, 2.05) is 14.1 Å². The van der Waals surface area contributed by atoms with Crippen molar-refractivity contribution in [2.24, 2.45) is 28.7 Å². The van der Waals surface area contributed by atoms with Crippen molar-refractivity contribution in [3.8, 4) is 0 Å². The fraction of sp³-hybridized carbons (Fsp3) is 0.792. The van der Waals surface area contributed by atoms with Crippen LogP contribution in [0.25, 0.3) is 0 Å². The maximum atomic E-state index is 11.8. The van der Waals surface area contributed by atoms with Crippen molar-refractivity contribution in [2.75, 3.05) is 54.1 Å². The standard InChI is InChI=1S/C11H20N4O5.C4H12N2.C3H6O.C3H8.C2H7N.CH6N2/c1-6(16)15-8(10(12)18)4-14-11(19)9(13-3)5-20-7(2)17;5-3-1-2-4-6;1-3(2)4;2*1-3-2;2-1-3/h8-9,13H,4-5H2,1-3H3,(H2,12,18)(H,14,19)(H,15,16);1-6H2;1-2H3;3H2,1-2H3;3H,1-2H3;1-3H2/t8-,9-;;;;;/m0...../s1/i/hT. The van der Waals surface area contributed by atoms with E-state index in [1.54, 1.807) is 5.73 Å². The molecule has 0 fully saturated rings. The van der Waals surface area contributed by atoms with E-state index in [0.717, 1.165) is 25.9 Å². The van der Waals surface area contributed by atoms with Crippen LogP contribution in [-0.4, -0.2) is 95.6 Å². The van der Waals surface area contributed by atoms with Gasteiger partial charge in [0.1, 0.15) is 24.5 Å². The summed E-state index contributed by atoms with van der Waals surface area (Å²) in [5.74, 6) is -2.09. The molecule has 0 aromatic rings. The summed E-state index contributed by atoms with van der Waals surface area (Å²) >= 11 is 0. The van der Waals surface area contributed by atoms with Crippen molar-refractivity contribution in [3.63, 3.8) is 0 Å². The number of carbonyl (C=O) groups is 5. The Kier molecular flexibility index (Phi) is 50.2. The molecule has 0 aliphatic heterocycles. The molecule has 0 aromatic heterocycles. The Bertz CT molecular complexity index is 590. The zero-order chi connectivity index (χ0) is 32.9. The molecule has 15 heteroatoms. The van der Waals surface area contributed by atoms with Gasteiger partial charge in [-0.1, -0.05) is 20.3 Å². The minimum Gasteiger partial charge on any atom is -0.464 e. The molecule has 0 rings (SSSR count). The average Bonchev–Trinajstić information content (AvgIpc) is 2.86. The van der Waals surface area contributed by atoms with Crippen LogP contribution in [-0.2, 0) is 28.7 Å². The molecule has 0 aromatic carbocycles. The van der Waals surface area contributed by atoms with Gasteiger partial charge in [0.2, 0.25) is 17.7 Å². The summed E-state index contributed by atoms with van der Waals surface area (Å²) in [4.78, 5) is 54.3. The van der Waals surface area contributed by atoms with Crippen molar-refractivity contribution in [2.45, 2.75) is 72.9 Å². The molecule has 14 N–H and O–H groups in total. The molecular weight excluding hydrogens is 510 g/mol. The fourth-order valence-corrected chi connectivity index (χ4v) is 1.56. The third-order valence-corrected chi connectivity index (χ3v) is 2.95. The van der Waals surface area contributed by atoms with Crippen LogP contribution in [0.5, 0.6) is 0 Å². The molecule has 0 spiro atoms. The topological polar surface area (TPSA) is 273 Å². The Morgan fingerprint density at radius 3 is 1.49 bits per heavy atom. The van der Waals surface area contributed by atoms with Crippen molar-refractivity contribution >= 4 is 29.5 Å². The number of hydrogen-bond donors (Lipinski definition) is 9. The van der Waals surface area contributed by atoms with Crippen LogP contribution in [0.15, 0.2) is 0 Å². The zero-order valence-electron chi connectivity index (χ0n) is 26.6. The van der Waals surface area contributed by atoms with E-state index in [1.165, 1.54) is 41.2 Å². The van der Waals surface area contributed by atoms with Gasteiger partial charge in [-0.05, 0) is 60.9 Å². The molecule has 0 radical (unpaired) electrons. The van der Waals surface area contributed by atoms with Crippen LogP contribution >= 0.6 is 0 Å². The summed E-state index contributed by atoms with van der Waals surface area (Å²) in [7, 11) is 5.26. The van der Waals surface area contributed by atoms with E-state index < -0.39 is 35.8 Å². The first-order chi connectivity index (χ1) is 18.7. The Morgan fingerprint density at radius 1 is 0.846 bits per heavy atom. The van der Waals surface area contributed by atoms with Gasteiger partial charge in [-0.3, -0.25) is 19.2 Å². The Morgan fingerprint density at radius 2 is 1.23 bits per heavy atom. The summed E-state index contributed by atoms with van der Waals surface area (Å²) < 4.78 is 11.5. The van der Waals surface area contributed by atoms with Crippen molar-refractivity contribution in [3.05, 3.63) is 0 Å². The van der Waals surface area contributed by atoms with Gasteiger partial charge in [0, 0.05) is 27.1 Å². The first-order valence-electron chi connectivity index (χ1n) is 13.1. The normalized spacial score (nSPS) is 10.3. The molecule has 0 bridgehead atoms. The van der Waals surface area contributed by atoms with Gasteiger partial charge in [0.15, 0.2) is 1.41 Å². The van der Waals surface area contributed by atoms with Gasteiger partial charge < -0.3 is 59.5 Å². The van der Waals surface area contributed by atoms with E-state index in [9.17, 15) is 24.0 Å². The van der Waals surface area contributed by atoms with E-state index in [0.29, 0.717) is 0 Å². The molecule has 2 atom stereocenters. The number of unbranched alkanes of at least 4 members (excludes halogenated alkanes) is 1. The monoisotopic (exact) mass is 571 g/mol. The lowest BCUT2D eigenvalue weighted by Crippen LogP contribution is -2.54. The second-order valence-electron chi connectivity index (χ2n) is 7.64. The number of likely N-dealkylation sites (N-methyl/N-ethyl adjacent to an activating group) is 1. The molecule has 236 valence electrons. The summed E-state index contributed by atoms with van der Waals surface area (Å²) in [5.41, 5.74) is 21.2. The SMILES string of the molecule is CC(C)=O.CCC.CNC.NCCCCN.NCN.[3H]NC(=O)[C@H](CNC(=O)[C@H](COC(C)=O)NC)NC(C)=O. The van der Waals surface area contributed by atoms with Gasteiger partial charge >= 0.3 is 5.97 Å². The second kappa shape index (κ2) is 42.4. The van der Waals surface area contributed by atoms with Crippen LogP contribution in [0.1, 0.15) is 60.8 Å². The van der Waals surface area contributed by atoms with Gasteiger partial charge in [-0.15, -0.1) is 0 Å². The van der Waals surface area contributed by atoms with Crippen LogP contribution < -0.4 is 49.9 Å². The van der Waals surface area contributed by atoms with Gasteiger partial charge in [0.05, 0.1) is 0 Å². The first kappa shape index (κ1) is 46.2. The van der Waals surface area contributed by atoms with E-state index in [4.69, 9.17) is 17.6 Å². The summed E-state index contributed by atoms with van der Waals surface area (Å²) in [6.07, 6.45) is 3.38. The van der Waals surface area contributed by atoms with Gasteiger partial charge in [-0.2, -0.15) is 0 Å². The number of esters is 1. The predicted octanol–water partition coefficient (Wildman–Crippen LogP) is -2.36. The Balaban J connectivity index is -0.000000123. The minimum absolute atomic E-state index is 0.160. The van der Waals surface area contributed by atoms with Crippen LogP contribution in [0.2, 0.25) is 1.41 Å². The lowest BCUT2D eigenvalue weighted by atomic mass is 10.2. The smallest absolute Gasteiger partial charge is 0.302 e. The second-order valence-corrected chi connectivity index (χ2v) is 7.64. The van der Waals surface area contributed by atoms with Crippen molar-refractivity contribution in [1.82, 2.24) is 21.3 Å². The number of rotatable bonds is 11. The molecule has 0 heterocycles. The molecule has 0 aliphatic rings. The highest BCUT2D eigenvalue weighted by Gasteiger charge is 2.21. The first-order valence-corrected chi connectivity index (χ1v) is 12.6. The summed E-state index contributed by atoms with van der Waals surface area (Å²) in [5, 5.41) is 10.1. The predicted molar refractivity (Wildman–Crippen MR) is 157 cm³/mol. The van der Waals surface area contributed by atoms with E-state index in [2.05, 4.69) is 46.6 Å². The van der Waals surface area contributed by atoms with E-state index in [-0.39, 0.29) is 25.6 Å². The molecular formula is C24H59N9O6. The Hall–Kier alpha value is -2.69. The maximum absolute atomic E-state index is 11.8. The van der Waals surface area contributed by atoms with Crippen molar-refractivity contribution in [1.29, 1.82) is 0 Å². The quantitative estimate of drug-likeness (QED) is 0.0715. The van der Waals surface area contributed by atoms with E-state index >= 15 is 0 Å². The molecule has 0 saturated carbocycles. The summed E-state index contributed by atoms with van der Waals surface area (Å²) in [6.45, 7) is 11.2. The number of primary amides is 1. The van der Waals surface area contributed by atoms with Crippen LogP contribution in [0.4, 0.5) is 0 Å². The number of nitrogens with one attached hydrogen (secondary N) is 4. The third kappa shape index (κ3) is 66.3. The lowest BCUT2D eigenvalue weighted by molar-refractivity contribution is -0.142. The molecule has 0 aliphatic carbocycles. The van der Waals surface area contributed by atoms with Crippen LogP contribution in [0, 0.1) is 0 Å². The zero-order valence-corrected chi connectivity index (χ0v) is 25.6. The number of amides is 3. The highest BCUT2D eigenvalue weighted by molar-refractivity contribution is 5.87. The minimum atomic E-state index is -1.06. The molecule has 15 nitrogen and oxygen atoms in total. The fourth-order valence-electron chi connectivity index (χ4n) is 1.56. The Labute approximate surface area is 236 Å². The number of nitrogens with two attached hydrogens (primary N) is 5. The number of carbonyl (C=O) groups excluding carboxylic acids is 5.